The van der Waals surface area contributed by atoms with Crippen LogP contribution in [0.3, 0.4) is 0 Å². The van der Waals surface area contributed by atoms with E-state index in [1.165, 1.54) is 17.7 Å². The predicted octanol–water partition coefficient (Wildman–Crippen LogP) is 2.90. The van der Waals surface area contributed by atoms with Crippen LogP contribution in [-0.4, -0.2) is 54.0 Å². The van der Waals surface area contributed by atoms with E-state index in [1.54, 1.807) is 17.0 Å². The van der Waals surface area contributed by atoms with Gasteiger partial charge in [0.05, 0.1) is 5.56 Å². The van der Waals surface area contributed by atoms with Gasteiger partial charge in [-0.1, -0.05) is 35.9 Å². The molecule has 2 aromatic carbocycles. The standard InChI is InChI=1S/C20H24N2O3/c1-15-7-9-16(10-8-15)14-22(12-11-21(2)3)19(23)17-5-4-6-18(13-17)20(24)25/h4-10,13H,11-12,14H2,1-3H3,(H,24,25). The van der Waals surface area contributed by atoms with Crippen LogP contribution >= 0.6 is 0 Å². The van der Waals surface area contributed by atoms with Crippen molar-refractivity contribution >= 4 is 11.9 Å². The summed E-state index contributed by atoms with van der Waals surface area (Å²) in [5, 5.41) is 9.14. The van der Waals surface area contributed by atoms with Gasteiger partial charge in [0.2, 0.25) is 0 Å². The number of carboxylic acids is 1. The number of carboxylic acid groups (broad SMARTS) is 1. The fourth-order valence-corrected chi connectivity index (χ4v) is 2.45. The van der Waals surface area contributed by atoms with Gasteiger partial charge in [-0.25, -0.2) is 4.79 Å². The van der Waals surface area contributed by atoms with E-state index < -0.39 is 5.97 Å². The summed E-state index contributed by atoms with van der Waals surface area (Å²) in [4.78, 5) is 27.8. The van der Waals surface area contributed by atoms with Crippen LogP contribution in [0.25, 0.3) is 0 Å². The van der Waals surface area contributed by atoms with Gasteiger partial charge in [0.25, 0.3) is 5.91 Å². The summed E-state index contributed by atoms with van der Waals surface area (Å²) >= 11 is 0. The first-order valence-corrected chi connectivity index (χ1v) is 8.19. The van der Waals surface area contributed by atoms with Gasteiger partial charge < -0.3 is 14.9 Å². The van der Waals surface area contributed by atoms with Crippen molar-refractivity contribution in [2.75, 3.05) is 27.2 Å². The first-order chi connectivity index (χ1) is 11.9. The van der Waals surface area contributed by atoms with E-state index in [0.29, 0.717) is 18.7 Å². The lowest BCUT2D eigenvalue weighted by Crippen LogP contribution is -2.36. The minimum Gasteiger partial charge on any atom is -0.478 e. The number of carbonyl (C=O) groups is 2. The first kappa shape index (κ1) is 18.7. The summed E-state index contributed by atoms with van der Waals surface area (Å²) in [6.07, 6.45) is 0. The Morgan fingerprint density at radius 3 is 2.20 bits per heavy atom. The highest BCUT2D eigenvalue weighted by molar-refractivity contribution is 5.97. The SMILES string of the molecule is Cc1ccc(CN(CCN(C)C)C(=O)c2cccc(C(=O)O)c2)cc1. The molecule has 0 heterocycles. The Bertz CT molecular complexity index is 739. The molecule has 25 heavy (non-hydrogen) atoms. The van der Waals surface area contributed by atoms with E-state index in [1.807, 2.05) is 50.2 Å². The Labute approximate surface area is 148 Å². The molecule has 0 unspecified atom stereocenters. The Morgan fingerprint density at radius 1 is 0.960 bits per heavy atom. The molecule has 5 heteroatoms. The quantitative estimate of drug-likeness (QED) is 0.842. The van der Waals surface area contributed by atoms with Crippen LogP contribution in [0.1, 0.15) is 31.8 Å². The van der Waals surface area contributed by atoms with Crippen molar-refractivity contribution in [1.29, 1.82) is 0 Å². The summed E-state index contributed by atoms with van der Waals surface area (Å²) in [5.74, 6) is -1.20. The Balaban J connectivity index is 2.24. The zero-order chi connectivity index (χ0) is 18.4. The maximum absolute atomic E-state index is 12.9. The van der Waals surface area contributed by atoms with Crippen LogP contribution in [0.15, 0.2) is 48.5 Å². The molecule has 2 rings (SSSR count). The monoisotopic (exact) mass is 340 g/mol. The summed E-state index contributed by atoms with van der Waals surface area (Å²) in [5.41, 5.74) is 2.73. The Hall–Kier alpha value is -2.66. The topological polar surface area (TPSA) is 60.9 Å². The molecule has 0 saturated heterocycles. The van der Waals surface area contributed by atoms with Crippen molar-refractivity contribution in [2.45, 2.75) is 13.5 Å². The van der Waals surface area contributed by atoms with Crippen LogP contribution in [0, 0.1) is 6.92 Å². The average Bonchev–Trinajstić information content (AvgIpc) is 2.59. The van der Waals surface area contributed by atoms with Crippen LogP contribution in [-0.2, 0) is 6.54 Å². The number of likely N-dealkylation sites (N-methyl/N-ethyl adjacent to an activating group) is 1. The van der Waals surface area contributed by atoms with Gasteiger partial charge in [-0.15, -0.1) is 0 Å². The summed E-state index contributed by atoms with van der Waals surface area (Å²) in [6, 6.07) is 14.3. The highest BCUT2D eigenvalue weighted by atomic mass is 16.4. The number of benzene rings is 2. The van der Waals surface area contributed by atoms with Gasteiger partial charge in [0, 0.05) is 25.2 Å². The molecule has 0 radical (unpaired) electrons. The third kappa shape index (κ3) is 5.43. The number of hydrogen-bond donors (Lipinski definition) is 1. The molecule has 132 valence electrons. The number of hydrogen-bond acceptors (Lipinski definition) is 3. The van der Waals surface area contributed by atoms with E-state index >= 15 is 0 Å². The van der Waals surface area contributed by atoms with Crippen molar-refractivity contribution in [3.8, 4) is 0 Å². The molecule has 2 aromatic rings. The van der Waals surface area contributed by atoms with E-state index in [0.717, 1.165) is 12.1 Å². The average molecular weight is 340 g/mol. The normalized spacial score (nSPS) is 10.7. The highest BCUT2D eigenvalue weighted by Crippen LogP contribution is 2.13. The molecule has 5 nitrogen and oxygen atoms in total. The van der Waals surface area contributed by atoms with Crippen molar-refractivity contribution in [1.82, 2.24) is 9.80 Å². The van der Waals surface area contributed by atoms with Gasteiger partial charge in [-0.05, 0) is 44.8 Å². The van der Waals surface area contributed by atoms with Crippen molar-refractivity contribution in [3.63, 3.8) is 0 Å². The van der Waals surface area contributed by atoms with Crippen molar-refractivity contribution < 1.29 is 14.7 Å². The van der Waals surface area contributed by atoms with Gasteiger partial charge in [-0.3, -0.25) is 4.79 Å². The van der Waals surface area contributed by atoms with Crippen LogP contribution in [0.2, 0.25) is 0 Å². The van der Waals surface area contributed by atoms with Crippen LogP contribution in [0.4, 0.5) is 0 Å². The Morgan fingerprint density at radius 2 is 1.60 bits per heavy atom. The zero-order valence-corrected chi connectivity index (χ0v) is 14.9. The second-order valence-corrected chi connectivity index (χ2v) is 6.40. The van der Waals surface area contributed by atoms with E-state index in [-0.39, 0.29) is 11.5 Å². The Kier molecular flexibility index (Phi) is 6.31. The first-order valence-electron chi connectivity index (χ1n) is 8.19. The lowest BCUT2D eigenvalue weighted by atomic mass is 10.1. The molecule has 0 spiro atoms. The van der Waals surface area contributed by atoms with Crippen LogP contribution in [0.5, 0.6) is 0 Å². The van der Waals surface area contributed by atoms with Gasteiger partial charge in [0.1, 0.15) is 0 Å². The van der Waals surface area contributed by atoms with E-state index in [4.69, 9.17) is 5.11 Å². The number of nitrogens with zero attached hydrogens (tertiary/aromatic N) is 2. The number of amides is 1. The molecular formula is C20H24N2O3. The van der Waals surface area contributed by atoms with Crippen molar-refractivity contribution in [2.24, 2.45) is 0 Å². The molecule has 0 aromatic heterocycles. The summed E-state index contributed by atoms with van der Waals surface area (Å²) < 4.78 is 0. The van der Waals surface area contributed by atoms with Gasteiger partial charge in [-0.2, -0.15) is 0 Å². The molecule has 0 bridgehead atoms. The second-order valence-electron chi connectivity index (χ2n) is 6.40. The maximum Gasteiger partial charge on any atom is 0.335 e. The molecular weight excluding hydrogens is 316 g/mol. The molecule has 0 aliphatic heterocycles. The molecule has 0 saturated carbocycles. The number of aryl methyl sites for hydroxylation is 1. The van der Waals surface area contributed by atoms with E-state index in [2.05, 4.69) is 0 Å². The third-order valence-corrected chi connectivity index (χ3v) is 3.95. The minimum atomic E-state index is -1.03. The lowest BCUT2D eigenvalue weighted by Gasteiger charge is -2.25. The molecule has 1 N–H and O–H groups in total. The lowest BCUT2D eigenvalue weighted by molar-refractivity contribution is 0.0697. The largest absolute Gasteiger partial charge is 0.478 e. The van der Waals surface area contributed by atoms with Crippen molar-refractivity contribution in [3.05, 3.63) is 70.8 Å². The molecule has 0 atom stereocenters. The van der Waals surface area contributed by atoms with E-state index in [9.17, 15) is 9.59 Å². The zero-order valence-electron chi connectivity index (χ0n) is 14.9. The maximum atomic E-state index is 12.9. The number of aromatic carboxylic acids is 1. The van der Waals surface area contributed by atoms with Crippen LogP contribution < -0.4 is 0 Å². The predicted molar refractivity (Wildman–Crippen MR) is 97.9 cm³/mol. The van der Waals surface area contributed by atoms with Gasteiger partial charge >= 0.3 is 5.97 Å². The summed E-state index contributed by atoms with van der Waals surface area (Å²) in [7, 11) is 3.92. The molecule has 0 aliphatic rings. The third-order valence-electron chi connectivity index (χ3n) is 3.95. The summed E-state index contributed by atoms with van der Waals surface area (Å²) in [6.45, 7) is 3.81. The molecule has 0 fully saturated rings. The highest BCUT2D eigenvalue weighted by Gasteiger charge is 2.17. The number of carbonyl (C=O) groups excluding carboxylic acids is 1. The number of rotatable bonds is 7. The molecule has 0 aliphatic carbocycles. The second kappa shape index (κ2) is 8.44. The smallest absolute Gasteiger partial charge is 0.335 e. The molecule has 1 amide bonds. The van der Waals surface area contributed by atoms with Gasteiger partial charge in [0.15, 0.2) is 0 Å². The fraction of sp³-hybridized carbons (Fsp3) is 0.300. The minimum absolute atomic E-state index is 0.119. The fourth-order valence-electron chi connectivity index (χ4n) is 2.45.